The normalized spacial score (nSPS) is 12.9. The molecule has 0 saturated heterocycles. The van der Waals surface area contributed by atoms with Gasteiger partial charge in [0.15, 0.2) is 5.76 Å². The first kappa shape index (κ1) is 8.53. The molecule has 2 heterocycles. The summed E-state index contributed by atoms with van der Waals surface area (Å²) in [5.74, 6) is 0.909. The van der Waals surface area contributed by atoms with Gasteiger partial charge in [-0.3, -0.25) is 0 Å². The molecule has 3 rings (SSSR count). The van der Waals surface area contributed by atoms with E-state index >= 15 is 0 Å². The van der Waals surface area contributed by atoms with Crippen LogP contribution in [0.5, 0.6) is 0 Å². The number of aryl methyl sites for hydroxylation is 1. The van der Waals surface area contributed by atoms with Gasteiger partial charge in [0.2, 0.25) is 0 Å². The van der Waals surface area contributed by atoms with Gasteiger partial charge in [-0.05, 0) is 31.0 Å². The van der Waals surface area contributed by atoms with Gasteiger partial charge in [0.05, 0.1) is 6.20 Å². The maximum Gasteiger partial charge on any atom is 0.173 e. The third-order valence-electron chi connectivity index (χ3n) is 3.08. The van der Waals surface area contributed by atoms with Gasteiger partial charge >= 0.3 is 0 Å². The minimum absolute atomic E-state index is 0.802. The van der Waals surface area contributed by atoms with Crippen LogP contribution in [0.15, 0.2) is 22.9 Å². The zero-order chi connectivity index (χ0) is 10.4. The van der Waals surface area contributed by atoms with Crippen LogP contribution in [0.4, 0.5) is 5.69 Å². The van der Waals surface area contributed by atoms with E-state index in [0.29, 0.717) is 0 Å². The SMILES string of the molecule is Cc1ccc2c(c1C)NCc1cnoc1-2. The monoisotopic (exact) mass is 200 g/mol. The maximum atomic E-state index is 5.29. The summed E-state index contributed by atoms with van der Waals surface area (Å²) in [5.41, 5.74) is 6.01. The summed E-state index contributed by atoms with van der Waals surface area (Å²) >= 11 is 0. The molecule has 3 nitrogen and oxygen atoms in total. The van der Waals surface area contributed by atoms with Crippen molar-refractivity contribution in [3.63, 3.8) is 0 Å². The number of benzene rings is 1. The molecule has 0 atom stereocenters. The molecular weight excluding hydrogens is 188 g/mol. The molecule has 1 aromatic carbocycles. The highest BCUT2D eigenvalue weighted by Crippen LogP contribution is 2.38. The average molecular weight is 200 g/mol. The van der Waals surface area contributed by atoms with Gasteiger partial charge in [-0.1, -0.05) is 11.2 Å². The Labute approximate surface area is 88.1 Å². The lowest BCUT2D eigenvalue weighted by molar-refractivity contribution is 0.431. The highest BCUT2D eigenvalue weighted by molar-refractivity contribution is 5.82. The minimum atomic E-state index is 0.802. The summed E-state index contributed by atoms with van der Waals surface area (Å²) in [7, 11) is 0. The second-order valence-electron chi connectivity index (χ2n) is 3.96. The molecule has 3 heteroatoms. The molecule has 15 heavy (non-hydrogen) atoms. The molecule has 1 N–H and O–H groups in total. The summed E-state index contributed by atoms with van der Waals surface area (Å²) in [5, 5.41) is 7.25. The Morgan fingerprint density at radius 3 is 3.07 bits per heavy atom. The average Bonchev–Trinajstić information content (AvgIpc) is 2.71. The van der Waals surface area contributed by atoms with Crippen molar-refractivity contribution in [1.29, 1.82) is 0 Å². The van der Waals surface area contributed by atoms with Crippen molar-refractivity contribution in [2.45, 2.75) is 20.4 Å². The largest absolute Gasteiger partial charge is 0.380 e. The molecule has 0 aliphatic carbocycles. The van der Waals surface area contributed by atoms with E-state index < -0.39 is 0 Å². The van der Waals surface area contributed by atoms with E-state index in [4.69, 9.17) is 4.52 Å². The summed E-state index contributed by atoms with van der Waals surface area (Å²) in [6, 6.07) is 4.21. The second kappa shape index (κ2) is 2.86. The van der Waals surface area contributed by atoms with Crippen LogP contribution < -0.4 is 5.32 Å². The van der Waals surface area contributed by atoms with Crippen molar-refractivity contribution in [1.82, 2.24) is 5.16 Å². The van der Waals surface area contributed by atoms with Gasteiger partial charge in [-0.25, -0.2) is 0 Å². The minimum Gasteiger partial charge on any atom is -0.380 e. The van der Waals surface area contributed by atoms with Crippen molar-refractivity contribution < 1.29 is 4.52 Å². The maximum absolute atomic E-state index is 5.29. The molecule has 0 unspecified atom stereocenters. The summed E-state index contributed by atoms with van der Waals surface area (Å²) in [6.45, 7) is 5.05. The Kier molecular flexibility index (Phi) is 1.63. The first-order chi connectivity index (χ1) is 7.27. The molecule has 1 aliphatic rings. The molecule has 0 saturated carbocycles. The van der Waals surface area contributed by atoms with Crippen LogP contribution in [0.25, 0.3) is 11.3 Å². The van der Waals surface area contributed by atoms with Crippen LogP contribution in [-0.4, -0.2) is 5.16 Å². The predicted molar refractivity (Wildman–Crippen MR) is 58.7 cm³/mol. The number of fused-ring (bicyclic) bond motifs is 3. The summed E-state index contributed by atoms with van der Waals surface area (Å²) < 4.78 is 5.29. The van der Waals surface area contributed by atoms with Gasteiger partial charge < -0.3 is 9.84 Å². The number of nitrogens with zero attached hydrogens (tertiary/aromatic N) is 1. The highest BCUT2D eigenvalue weighted by Gasteiger charge is 2.21. The van der Waals surface area contributed by atoms with E-state index in [-0.39, 0.29) is 0 Å². The van der Waals surface area contributed by atoms with Crippen molar-refractivity contribution >= 4 is 5.69 Å². The van der Waals surface area contributed by atoms with Gasteiger partial charge in [0, 0.05) is 23.4 Å². The van der Waals surface area contributed by atoms with Crippen LogP contribution in [0, 0.1) is 13.8 Å². The number of aromatic nitrogens is 1. The Morgan fingerprint density at radius 2 is 2.20 bits per heavy atom. The van der Waals surface area contributed by atoms with Crippen LogP contribution in [0.1, 0.15) is 16.7 Å². The third kappa shape index (κ3) is 1.09. The Hall–Kier alpha value is -1.77. The zero-order valence-corrected chi connectivity index (χ0v) is 8.79. The molecule has 1 aromatic heterocycles. The van der Waals surface area contributed by atoms with E-state index in [1.165, 1.54) is 16.8 Å². The lowest BCUT2D eigenvalue weighted by atomic mass is 9.97. The standard InChI is InChI=1S/C12H12N2O/c1-7-3-4-10-11(8(7)2)13-5-9-6-14-15-12(9)10/h3-4,6,13H,5H2,1-2H3. The summed E-state index contributed by atoms with van der Waals surface area (Å²) in [4.78, 5) is 0. The van der Waals surface area contributed by atoms with Crippen LogP contribution in [0.2, 0.25) is 0 Å². The van der Waals surface area contributed by atoms with Gasteiger partial charge in [-0.15, -0.1) is 0 Å². The Balaban J connectivity index is 2.31. The predicted octanol–water partition coefficient (Wildman–Crippen LogP) is 2.88. The van der Waals surface area contributed by atoms with Gasteiger partial charge in [-0.2, -0.15) is 0 Å². The molecule has 0 fully saturated rings. The van der Waals surface area contributed by atoms with E-state index in [1.807, 2.05) is 0 Å². The quantitative estimate of drug-likeness (QED) is 0.710. The molecule has 0 bridgehead atoms. The first-order valence-electron chi connectivity index (χ1n) is 5.05. The number of hydrogen-bond donors (Lipinski definition) is 1. The van der Waals surface area contributed by atoms with E-state index in [2.05, 4.69) is 36.5 Å². The van der Waals surface area contributed by atoms with E-state index in [9.17, 15) is 0 Å². The molecule has 0 radical (unpaired) electrons. The molecular formula is C12H12N2O. The number of rotatable bonds is 0. The second-order valence-corrected chi connectivity index (χ2v) is 3.96. The Bertz CT molecular complexity index is 528. The molecule has 0 spiro atoms. The number of anilines is 1. The molecule has 76 valence electrons. The van der Waals surface area contributed by atoms with Crippen molar-refractivity contribution in [2.75, 3.05) is 5.32 Å². The zero-order valence-electron chi connectivity index (χ0n) is 8.79. The van der Waals surface area contributed by atoms with E-state index in [0.717, 1.165) is 23.4 Å². The van der Waals surface area contributed by atoms with Crippen molar-refractivity contribution in [2.24, 2.45) is 0 Å². The number of hydrogen-bond acceptors (Lipinski definition) is 3. The van der Waals surface area contributed by atoms with Crippen LogP contribution >= 0.6 is 0 Å². The Morgan fingerprint density at radius 1 is 1.33 bits per heavy atom. The third-order valence-corrected chi connectivity index (χ3v) is 3.08. The van der Waals surface area contributed by atoms with Gasteiger partial charge in [0.25, 0.3) is 0 Å². The molecule has 2 aromatic rings. The first-order valence-corrected chi connectivity index (χ1v) is 5.05. The molecule has 0 amide bonds. The highest BCUT2D eigenvalue weighted by atomic mass is 16.5. The fraction of sp³-hybridized carbons (Fsp3) is 0.250. The van der Waals surface area contributed by atoms with Crippen molar-refractivity contribution in [3.05, 3.63) is 35.0 Å². The lowest BCUT2D eigenvalue weighted by Gasteiger charge is -2.19. The smallest absolute Gasteiger partial charge is 0.173 e. The lowest BCUT2D eigenvalue weighted by Crippen LogP contribution is -2.08. The van der Waals surface area contributed by atoms with Crippen molar-refractivity contribution in [3.8, 4) is 11.3 Å². The van der Waals surface area contributed by atoms with Crippen LogP contribution in [0.3, 0.4) is 0 Å². The summed E-state index contributed by atoms with van der Waals surface area (Å²) in [6.07, 6.45) is 1.78. The topological polar surface area (TPSA) is 38.1 Å². The van der Waals surface area contributed by atoms with E-state index in [1.54, 1.807) is 6.20 Å². The van der Waals surface area contributed by atoms with Crippen LogP contribution in [-0.2, 0) is 6.54 Å². The number of nitrogens with one attached hydrogen (secondary N) is 1. The molecule has 1 aliphatic heterocycles. The fourth-order valence-electron chi connectivity index (χ4n) is 2.02. The van der Waals surface area contributed by atoms with Gasteiger partial charge in [0.1, 0.15) is 0 Å². The fourth-order valence-corrected chi connectivity index (χ4v) is 2.02.